The number of rotatable bonds is 16. The van der Waals surface area contributed by atoms with Gasteiger partial charge in [-0.15, -0.1) is 0 Å². The van der Waals surface area contributed by atoms with E-state index in [1.165, 1.54) is 0 Å². The highest BCUT2D eigenvalue weighted by atomic mass is 16.6. The van der Waals surface area contributed by atoms with Gasteiger partial charge in [-0.3, -0.25) is 21.1 Å². The van der Waals surface area contributed by atoms with E-state index in [2.05, 4.69) is 9.97 Å². The van der Waals surface area contributed by atoms with Crippen LogP contribution in [0.25, 0.3) is 21.8 Å². The van der Waals surface area contributed by atoms with E-state index < -0.39 is 60.6 Å². The molecule has 4 atom stereocenters. The molecule has 2 aliphatic rings. The number of H-pyrrole nitrogens is 2. The van der Waals surface area contributed by atoms with Gasteiger partial charge in [0.15, 0.2) is 24.7 Å². The lowest BCUT2D eigenvalue weighted by atomic mass is 10.0. The minimum Gasteiger partial charge on any atom is -0.443 e. The summed E-state index contributed by atoms with van der Waals surface area (Å²) in [7, 11) is 0. The fraction of sp³-hybridized carbons (Fsp3) is 0.217. The SMILES string of the molecule is NC(Cc1c[nH]c2ccc(CC3OC(=O)N(Cc4ccccc4)C3=O)cc12)OC(=O)/C=C\C(=O)OC(N)Cc1c[nH]c2ccc(CC3OC(=O)N(Cc4ccccc4)C3=O)cc12.O. The van der Waals surface area contributed by atoms with Gasteiger partial charge in [0.2, 0.25) is 0 Å². The van der Waals surface area contributed by atoms with Crippen LogP contribution >= 0.6 is 0 Å². The second-order valence-electron chi connectivity index (χ2n) is 15.1. The summed E-state index contributed by atoms with van der Waals surface area (Å²) in [6.45, 7) is 0.241. The molecule has 2 saturated heterocycles. The Morgan fingerprint density at radius 3 is 1.40 bits per heavy atom. The lowest BCUT2D eigenvalue weighted by molar-refractivity contribution is -0.145. The maximum atomic E-state index is 13.1. The number of nitrogens with two attached hydrogens (primary N) is 2. The van der Waals surface area contributed by atoms with Gasteiger partial charge in [0.25, 0.3) is 11.8 Å². The maximum Gasteiger partial charge on any atom is 0.417 e. The molecule has 8 rings (SSSR count). The van der Waals surface area contributed by atoms with E-state index in [4.69, 9.17) is 30.4 Å². The van der Waals surface area contributed by atoms with Crippen molar-refractivity contribution in [3.05, 3.63) is 155 Å². The summed E-state index contributed by atoms with van der Waals surface area (Å²) >= 11 is 0. The van der Waals surface area contributed by atoms with Crippen molar-refractivity contribution in [2.75, 3.05) is 0 Å². The molecule has 63 heavy (non-hydrogen) atoms. The molecule has 17 heteroatoms. The lowest BCUT2D eigenvalue weighted by Gasteiger charge is -2.13. The van der Waals surface area contributed by atoms with Crippen molar-refractivity contribution in [1.29, 1.82) is 0 Å². The van der Waals surface area contributed by atoms with Gasteiger partial charge in [-0.05, 0) is 57.6 Å². The van der Waals surface area contributed by atoms with Crippen LogP contribution in [0.1, 0.15) is 33.4 Å². The third-order valence-corrected chi connectivity index (χ3v) is 10.6. The molecule has 4 unspecified atom stereocenters. The summed E-state index contributed by atoms with van der Waals surface area (Å²) in [5.74, 6) is -2.57. The first-order chi connectivity index (χ1) is 30.0. The van der Waals surface area contributed by atoms with Gasteiger partial charge in [-0.2, -0.15) is 0 Å². The fourth-order valence-corrected chi connectivity index (χ4v) is 7.57. The first-order valence-electron chi connectivity index (χ1n) is 19.9. The van der Waals surface area contributed by atoms with Crippen molar-refractivity contribution in [2.24, 2.45) is 11.5 Å². The molecule has 0 spiro atoms. The number of esters is 2. The van der Waals surface area contributed by atoms with Gasteiger partial charge in [0, 0.05) is 72.0 Å². The van der Waals surface area contributed by atoms with Gasteiger partial charge in [-0.25, -0.2) is 29.0 Å². The van der Waals surface area contributed by atoms with Gasteiger partial charge in [0.05, 0.1) is 13.1 Å². The van der Waals surface area contributed by atoms with E-state index >= 15 is 0 Å². The Labute approximate surface area is 359 Å². The predicted molar refractivity (Wildman–Crippen MR) is 227 cm³/mol. The third kappa shape index (κ3) is 10.1. The van der Waals surface area contributed by atoms with Crippen molar-refractivity contribution in [3.8, 4) is 0 Å². The molecule has 6 aromatic rings. The molecule has 324 valence electrons. The average molecular weight is 857 g/mol. The largest absolute Gasteiger partial charge is 0.443 e. The monoisotopic (exact) mass is 856 g/mol. The van der Waals surface area contributed by atoms with E-state index in [0.29, 0.717) is 0 Å². The predicted octanol–water partition coefficient (Wildman–Crippen LogP) is 4.00. The van der Waals surface area contributed by atoms with Crippen molar-refractivity contribution in [2.45, 2.75) is 63.4 Å². The number of imide groups is 2. The summed E-state index contributed by atoms with van der Waals surface area (Å²) in [4.78, 5) is 84.9. The Morgan fingerprint density at radius 1 is 0.603 bits per heavy atom. The van der Waals surface area contributed by atoms with E-state index in [9.17, 15) is 28.8 Å². The molecule has 0 radical (unpaired) electrons. The minimum absolute atomic E-state index is 0. The first-order valence-corrected chi connectivity index (χ1v) is 19.9. The number of nitrogens with one attached hydrogen (secondary N) is 2. The van der Waals surface area contributed by atoms with Crippen LogP contribution in [0.4, 0.5) is 9.59 Å². The number of ether oxygens (including phenoxy) is 4. The van der Waals surface area contributed by atoms with E-state index in [1.807, 2.05) is 97.1 Å². The van der Waals surface area contributed by atoms with Crippen molar-refractivity contribution in [1.82, 2.24) is 19.8 Å². The molecule has 4 aromatic carbocycles. The molecule has 8 N–H and O–H groups in total. The molecule has 2 fully saturated rings. The average Bonchev–Trinajstić information content (AvgIpc) is 3.99. The maximum absolute atomic E-state index is 13.1. The molecule has 2 aliphatic heterocycles. The normalized spacial score (nSPS) is 17.2. The molecule has 0 aliphatic carbocycles. The van der Waals surface area contributed by atoms with Crippen LogP contribution in [0.2, 0.25) is 0 Å². The van der Waals surface area contributed by atoms with E-state index in [1.54, 1.807) is 12.4 Å². The molecular weight excluding hydrogens is 813 g/mol. The zero-order chi connectivity index (χ0) is 43.3. The van der Waals surface area contributed by atoms with Gasteiger partial charge >= 0.3 is 24.1 Å². The Balaban J connectivity index is 0.00000595. The third-order valence-electron chi connectivity index (χ3n) is 10.6. The second kappa shape index (κ2) is 19.0. The summed E-state index contributed by atoms with van der Waals surface area (Å²) < 4.78 is 21.5. The highest BCUT2D eigenvalue weighted by Crippen LogP contribution is 2.27. The Morgan fingerprint density at radius 2 is 1.00 bits per heavy atom. The molecular formula is C46H44N6O11. The number of benzene rings is 4. The Bertz CT molecular complexity index is 2510. The van der Waals surface area contributed by atoms with Crippen LogP contribution in [0.15, 0.2) is 122 Å². The molecule has 17 nitrogen and oxygen atoms in total. The van der Waals surface area contributed by atoms with Crippen LogP contribution in [-0.4, -0.2) is 85.8 Å². The zero-order valence-corrected chi connectivity index (χ0v) is 33.7. The van der Waals surface area contributed by atoms with Crippen LogP contribution in [-0.2, 0) is 76.9 Å². The van der Waals surface area contributed by atoms with Gasteiger partial charge < -0.3 is 34.4 Å². The second-order valence-corrected chi connectivity index (χ2v) is 15.1. The summed E-state index contributed by atoms with van der Waals surface area (Å²) in [5.41, 5.74) is 18.5. The van der Waals surface area contributed by atoms with Crippen molar-refractivity contribution >= 4 is 57.7 Å². The summed E-state index contributed by atoms with van der Waals surface area (Å²) in [6.07, 6.45) is 0.418. The number of amides is 4. The Hall–Kier alpha value is -7.60. The highest BCUT2D eigenvalue weighted by molar-refractivity contribution is 6.01. The van der Waals surface area contributed by atoms with Crippen LogP contribution < -0.4 is 11.5 Å². The summed E-state index contributed by atoms with van der Waals surface area (Å²) in [6, 6.07) is 29.4. The quantitative estimate of drug-likeness (QED) is 0.0466. The number of carbonyl (C=O) groups is 6. The number of nitrogens with zero attached hydrogens (tertiary/aromatic N) is 2. The lowest BCUT2D eigenvalue weighted by Crippen LogP contribution is -2.31. The standard InChI is InChI=1S/C46H42N6O10.H2O/c47-39(21-31-23-49-35-13-11-29(17-33(31)35)19-37-43(55)51(45(57)59-37)25-27-7-3-1-4-8-27)61-41(53)15-16-42(54)62-40(48)22-32-24-50-36-14-12-30(18-34(32)36)20-38-44(56)52(46(58)60-38)26-28-9-5-2-6-10-28;/h1-18,23-24,37-40,49-50H,19-22,25-26,47-48H2;1H2/b16-15-;. The zero-order valence-electron chi connectivity index (χ0n) is 33.7. The van der Waals surface area contributed by atoms with E-state index in [-0.39, 0.29) is 44.2 Å². The fourth-order valence-electron chi connectivity index (χ4n) is 7.57. The van der Waals surface area contributed by atoms with Crippen LogP contribution in [0.3, 0.4) is 0 Å². The Kier molecular flexibility index (Phi) is 13.1. The smallest absolute Gasteiger partial charge is 0.417 e. The number of hydrogen-bond donors (Lipinski definition) is 4. The number of carbonyl (C=O) groups excluding carboxylic acids is 6. The molecule has 2 aromatic heterocycles. The minimum atomic E-state index is -1.07. The van der Waals surface area contributed by atoms with Crippen LogP contribution in [0, 0.1) is 0 Å². The molecule has 0 saturated carbocycles. The molecule has 4 amide bonds. The van der Waals surface area contributed by atoms with Crippen LogP contribution in [0.5, 0.6) is 0 Å². The van der Waals surface area contributed by atoms with E-state index in [0.717, 1.165) is 77.1 Å². The number of aromatic amines is 2. The highest BCUT2D eigenvalue weighted by Gasteiger charge is 2.41. The molecule has 4 heterocycles. The van der Waals surface area contributed by atoms with Crippen molar-refractivity contribution < 1.29 is 53.2 Å². The summed E-state index contributed by atoms with van der Waals surface area (Å²) in [5, 5.41) is 1.57. The van der Waals surface area contributed by atoms with Gasteiger partial charge in [-0.1, -0.05) is 72.8 Å². The number of fused-ring (bicyclic) bond motifs is 2. The first kappa shape index (κ1) is 43.5. The van der Waals surface area contributed by atoms with Crippen molar-refractivity contribution in [3.63, 3.8) is 0 Å². The topological polar surface area (TPSA) is 261 Å². The molecule has 0 bridgehead atoms. The number of cyclic esters (lactones) is 2. The number of hydrogen-bond acceptors (Lipinski definition) is 12. The van der Waals surface area contributed by atoms with Gasteiger partial charge in [0.1, 0.15) is 0 Å². The number of aromatic nitrogens is 2.